The van der Waals surface area contributed by atoms with Crippen LogP contribution in [-0.4, -0.2) is 52.6 Å². The fourth-order valence-electron chi connectivity index (χ4n) is 21.9. The fourth-order valence-corrected chi connectivity index (χ4v) is 23.0. The molecule has 0 radical (unpaired) electrons. The normalized spacial score (nSPS) is 39.6. The molecule has 16 bridgehead atoms. The predicted molar refractivity (Wildman–Crippen MR) is 332 cm³/mol. The van der Waals surface area contributed by atoms with Crippen molar-refractivity contribution in [3.63, 3.8) is 0 Å². The second-order valence-corrected chi connectivity index (χ2v) is 32.1. The van der Waals surface area contributed by atoms with Crippen molar-refractivity contribution in [1.82, 2.24) is 31.5 Å². The molecule has 16 saturated carbocycles. The summed E-state index contributed by atoms with van der Waals surface area (Å²) in [6.07, 6.45) is 40.7. The van der Waals surface area contributed by atoms with E-state index in [1.165, 1.54) is 163 Å². The second-order valence-electron chi connectivity index (χ2n) is 30.1. The lowest BCUT2D eigenvalue weighted by Crippen LogP contribution is -2.61. The Labute approximate surface area is 498 Å². The number of rotatable bonds is 13. The standard InChI is InChI=1S/C20H25N3O2.C19H23N.C16H22BrN.C16H23NS/c1-24-17-4-2-16(3-5-17)19-23-22-18(25-19)12-21-20-9-13-6-14(10-20)8-15(7-13)11-20;1-2-5-15(6-3-1)7-4-8-20-19-12-16-9-17(13-19)11-18(10-16)14-19;17-15-2-1-11(6-15)10-18-16-7-12-3-13(8-16)5-14(4-12)9-16;1-15-6-12-5-13(7-15)9-16(8-12,11-15)17-10-14-3-2-4-18-14/h2-5,13-15,21H,6-12H2,1H3;1-3,5-6,16-18,20H,8-14H2;2,6,12-14,18H,1,3-5,7-10H2;2-4,12-13,17H,5-11H2,1H3. The van der Waals surface area contributed by atoms with Gasteiger partial charge in [-0.25, -0.2) is 0 Å². The molecule has 2 aromatic carbocycles. The van der Waals surface area contributed by atoms with Crippen LogP contribution in [0.4, 0.5) is 0 Å². The lowest BCUT2D eigenvalue weighted by atomic mass is 9.47. The molecule has 2 aromatic heterocycles. The van der Waals surface area contributed by atoms with E-state index in [2.05, 4.69) is 120 Å². The molecule has 16 fully saturated rings. The van der Waals surface area contributed by atoms with E-state index in [1.54, 1.807) is 12.7 Å². The first kappa shape index (κ1) is 55.3. The van der Waals surface area contributed by atoms with Crippen LogP contribution < -0.4 is 26.0 Å². The molecule has 0 amide bonds. The molecule has 17 aliphatic carbocycles. The smallest absolute Gasteiger partial charge is 0.247 e. The molecule has 0 aliphatic heterocycles. The van der Waals surface area contributed by atoms with Gasteiger partial charge in [0.15, 0.2) is 0 Å². The average Bonchev–Trinajstić information content (AvgIpc) is 4.37. The highest BCUT2D eigenvalue weighted by atomic mass is 79.9. The number of halogens is 1. The zero-order chi connectivity index (χ0) is 54.7. The molecule has 4 aromatic rings. The fraction of sp³-hybridized carbons (Fsp3) is 0.662. The van der Waals surface area contributed by atoms with Crippen molar-refractivity contribution in [3.05, 3.63) is 111 Å². The van der Waals surface area contributed by atoms with Gasteiger partial charge in [-0.05, 0) is 285 Å². The highest BCUT2D eigenvalue weighted by Crippen LogP contribution is 2.62. The van der Waals surface area contributed by atoms with E-state index in [-0.39, 0.29) is 0 Å². The second kappa shape index (κ2) is 23.0. The predicted octanol–water partition coefficient (Wildman–Crippen LogP) is 15.8. The first-order valence-corrected chi connectivity index (χ1v) is 34.1. The third-order valence-corrected chi connectivity index (χ3v) is 24.7. The summed E-state index contributed by atoms with van der Waals surface area (Å²) in [7, 11) is 1.66. The third-order valence-electron chi connectivity index (χ3n) is 23.3. The molecular formula is C71H93BrN6O2S. The van der Waals surface area contributed by atoms with E-state index in [0.717, 1.165) is 108 Å². The van der Waals surface area contributed by atoms with Gasteiger partial charge in [0.25, 0.3) is 0 Å². The number of nitrogens with one attached hydrogen (secondary N) is 4. The highest BCUT2D eigenvalue weighted by Gasteiger charge is 2.56. The molecule has 2 unspecified atom stereocenters. The van der Waals surface area contributed by atoms with E-state index < -0.39 is 0 Å². The summed E-state index contributed by atoms with van der Waals surface area (Å²) >= 11 is 5.46. The summed E-state index contributed by atoms with van der Waals surface area (Å²) in [4.78, 5) is 1.50. The molecule has 17 aliphatic rings. The van der Waals surface area contributed by atoms with Gasteiger partial charge in [0.1, 0.15) is 5.75 Å². The molecule has 81 heavy (non-hydrogen) atoms. The van der Waals surface area contributed by atoms with Crippen molar-refractivity contribution in [2.24, 2.45) is 70.5 Å². The van der Waals surface area contributed by atoms with Gasteiger partial charge >= 0.3 is 0 Å². The van der Waals surface area contributed by atoms with Crippen molar-refractivity contribution in [3.8, 4) is 29.0 Å². The summed E-state index contributed by atoms with van der Waals surface area (Å²) in [6, 6.07) is 22.5. The first-order valence-electron chi connectivity index (χ1n) is 32.5. The van der Waals surface area contributed by atoms with E-state index in [9.17, 15) is 0 Å². The van der Waals surface area contributed by atoms with Crippen LogP contribution in [-0.2, 0) is 13.1 Å². The number of hydrogen-bond donors (Lipinski definition) is 4. The van der Waals surface area contributed by atoms with Crippen LogP contribution in [0.2, 0.25) is 0 Å². The molecular weight excluding hydrogens is 1080 g/mol. The third kappa shape index (κ3) is 12.7. The Bertz CT molecular complexity index is 2810. The summed E-state index contributed by atoms with van der Waals surface area (Å²) in [6.45, 7) is 6.27. The number of ether oxygens (including phenoxy) is 1. The van der Waals surface area contributed by atoms with Crippen LogP contribution >= 0.6 is 27.3 Å². The van der Waals surface area contributed by atoms with Crippen LogP contribution in [0.1, 0.15) is 184 Å². The van der Waals surface area contributed by atoms with Gasteiger partial charge in [-0.1, -0.05) is 70.6 Å². The summed E-state index contributed by atoms with van der Waals surface area (Å²) < 4.78 is 12.3. The van der Waals surface area contributed by atoms with Crippen molar-refractivity contribution in [2.75, 3.05) is 20.2 Å². The zero-order valence-corrected chi connectivity index (χ0v) is 51.3. The minimum absolute atomic E-state index is 0.323. The Balaban J connectivity index is 0.0000000979. The Kier molecular flexibility index (Phi) is 15.7. The highest BCUT2D eigenvalue weighted by molar-refractivity contribution is 9.11. The summed E-state index contributed by atoms with van der Waals surface area (Å²) in [5.74, 6) is 19.7. The van der Waals surface area contributed by atoms with Gasteiger partial charge < -0.3 is 30.4 Å². The SMILES string of the molecule is BrC1=CCC(CNC23CC4CC(CC(C4)C2)C3)=C1.C(#Cc1ccccc1)CNC12CC3CC(CC(C3)C1)C2.CC12CC3CC(C1)CC(NCc1cccs1)(C3)C2.COc1ccc(-c2nnc(CNC34CC5CC(CC(C5)C3)C4)o2)cc1. The topological polar surface area (TPSA) is 96.3 Å². The van der Waals surface area contributed by atoms with Gasteiger partial charge in [0.05, 0.1) is 20.2 Å². The van der Waals surface area contributed by atoms with E-state index in [0.29, 0.717) is 45.9 Å². The maximum Gasteiger partial charge on any atom is 0.247 e. The number of allylic oxidation sites excluding steroid dienone is 3. The van der Waals surface area contributed by atoms with Gasteiger partial charge in [0, 0.05) is 55.7 Å². The number of aromatic nitrogens is 2. The molecule has 0 spiro atoms. The van der Waals surface area contributed by atoms with Gasteiger partial charge in [-0.3, -0.25) is 0 Å². The average molecular weight is 1170 g/mol. The number of thiophene rings is 1. The van der Waals surface area contributed by atoms with Crippen molar-refractivity contribution in [1.29, 1.82) is 0 Å². The Hall–Kier alpha value is -3.56. The lowest BCUT2D eigenvalue weighted by Gasteiger charge is -2.61. The maximum absolute atomic E-state index is 5.88. The first-order chi connectivity index (χ1) is 39.4. The minimum atomic E-state index is 0.323. The molecule has 0 saturated heterocycles. The van der Waals surface area contributed by atoms with Crippen LogP contribution in [0.3, 0.4) is 0 Å². The van der Waals surface area contributed by atoms with Crippen molar-refractivity contribution in [2.45, 2.75) is 203 Å². The lowest BCUT2D eigenvalue weighted by molar-refractivity contribution is -0.0726. The monoisotopic (exact) mass is 1170 g/mol. The Morgan fingerprint density at radius 2 is 1.07 bits per heavy atom. The molecule has 2 atom stereocenters. The number of hydrogen-bond acceptors (Lipinski definition) is 9. The molecule has 10 heteroatoms. The van der Waals surface area contributed by atoms with Crippen molar-refractivity contribution < 1.29 is 9.15 Å². The summed E-state index contributed by atoms with van der Waals surface area (Å²) in [5.41, 5.74) is 6.04. The number of methoxy groups -OCH3 is 1. The molecule has 432 valence electrons. The van der Waals surface area contributed by atoms with Gasteiger partial charge in [-0.15, -0.1) is 21.5 Å². The minimum Gasteiger partial charge on any atom is -0.497 e. The molecule has 21 rings (SSSR count). The Morgan fingerprint density at radius 1 is 0.568 bits per heavy atom. The Morgan fingerprint density at radius 3 is 1.57 bits per heavy atom. The molecule has 4 N–H and O–H groups in total. The van der Waals surface area contributed by atoms with Crippen LogP contribution in [0.15, 0.2) is 98.7 Å². The van der Waals surface area contributed by atoms with Gasteiger partial charge in [-0.2, -0.15) is 0 Å². The van der Waals surface area contributed by atoms with Crippen LogP contribution in [0, 0.1) is 82.4 Å². The van der Waals surface area contributed by atoms with E-state index in [1.807, 2.05) is 41.7 Å². The number of nitrogens with zero attached hydrogens (tertiary/aromatic N) is 2. The van der Waals surface area contributed by atoms with Crippen LogP contribution in [0.25, 0.3) is 11.5 Å². The molecule has 8 nitrogen and oxygen atoms in total. The largest absolute Gasteiger partial charge is 0.497 e. The molecule has 2 heterocycles. The number of benzene rings is 2. The maximum atomic E-state index is 5.88. The quantitative estimate of drug-likeness (QED) is 0.0984. The summed E-state index contributed by atoms with van der Waals surface area (Å²) in [5, 5.41) is 26.2. The van der Waals surface area contributed by atoms with Gasteiger partial charge in [0.2, 0.25) is 11.8 Å². The van der Waals surface area contributed by atoms with E-state index in [4.69, 9.17) is 9.15 Å². The zero-order valence-electron chi connectivity index (χ0n) is 48.9. The van der Waals surface area contributed by atoms with Crippen molar-refractivity contribution >= 4 is 27.3 Å². The van der Waals surface area contributed by atoms with E-state index >= 15 is 0 Å². The van der Waals surface area contributed by atoms with Crippen LogP contribution in [0.5, 0.6) is 5.75 Å².